The van der Waals surface area contributed by atoms with Crippen LogP contribution in [0.3, 0.4) is 0 Å². The van der Waals surface area contributed by atoms with Crippen LogP contribution in [0.2, 0.25) is 15.1 Å². The Balaban J connectivity index is 1.46. The van der Waals surface area contributed by atoms with E-state index in [1.54, 1.807) is 42.5 Å². The first kappa shape index (κ1) is 19.0. The number of carbonyl (C=O) groups excluding carboxylic acids is 1. The molecule has 0 bridgehead atoms. The van der Waals surface area contributed by atoms with Crippen LogP contribution in [0.25, 0.3) is 27.6 Å². The summed E-state index contributed by atoms with van der Waals surface area (Å²) in [5.41, 5.74) is 1.51. The van der Waals surface area contributed by atoms with Gasteiger partial charge in [-0.3, -0.25) is 10.1 Å². The summed E-state index contributed by atoms with van der Waals surface area (Å²) >= 11 is 19.4. The number of carbonyl (C=O) groups is 1. The SMILES string of the molecule is O=C(/C=C/c1ccc(-c2ccc(Cl)cc2Cl)o1)Nc1nc2ccc(Cl)cc2s1. The number of hydrogen-bond acceptors (Lipinski definition) is 4. The van der Waals surface area contributed by atoms with Crippen molar-refractivity contribution >= 4 is 73.5 Å². The van der Waals surface area contributed by atoms with Gasteiger partial charge in [-0.1, -0.05) is 46.1 Å². The topological polar surface area (TPSA) is 55.1 Å². The Morgan fingerprint density at radius 1 is 1.04 bits per heavy atom. The lowest BCUT2D eigenvalue weighted by Gasteiger charge is -2.00. The molecular formula is C20H11Cl3N2O2S. The lowest BCUT2D eigenvalue weighted by atomic mass is 10.2. The molecule has 0 aliphatic rings. The van der Waals surface area contributed by atoms with E-state index >= 15 is 0 Å². The Labute approximate surface area is 179 Å². The molecule has 0 saturated heterocycles. The molecule has 140 valence electrons. The molecule has 28 heavy (non-hydrogen) atoms. The number of nitrogens with one attached hydrogen (secondary N) is 1. The van der Waals surface area contributed by atoms with Gasteiger partial charge in [0, 0.05) is 21.7 Å². The molecular weight excluding hydrogens is 439 g/mol. The Bertz CT molecular complexity index is 1210. The van der Waals surface area contributed by atoms with Gasteiger partial charge < -0.3 is 4.42 Å². The highest BCUT2D eigenvalue weighted by Crippen LogP contribution is 2.32. The van der Waals surface area contributed by atoms with Crippen molar-refractivity contribution < 1.29 is 9.21 Å². The molecule has 0 radical (unpaired) electrons. The van der Waals surface area contributed by atoms with E-state index in [1.807, 2.05) is 12.1 Å². The van der Waals surface area contributed by atoms with Gasteiger partial charge in [-0.25, -0.2) is 4.98 Å². The third-order valence-corrected chi connectivity index (χ3v) is 5.52. The summed E-state index contributed by atoms with van der Waals surface area (Å²) in [6, 6.07) is 14.1. The summed E-state index contributed by atoms with van der Waals surface area (Å²) < 4.78 is 6.64. The first-order chi connectivity index (χ1) is 13.5. The summed E-state index contributed by atoms with van der Waals surface area (Å²) in [6.45, 7) is 0. The molecule has 0 aliphatic heterocycles. The highest BCUT2D eigenvalue weighted by molar-refractivity contribution is 7.22. The van der Waals surface area contributed by atoms with Crippen molar-refractivity contribution in [3.8, 4) is 11.3 Å². The molecule has 0 fully saturated rings. The number of nitrogens with zero attached hydrogens (tertiary/aromatic N) is 1. The maximum absolute atomic E-state index is 12.2. The maximum atomic E-state index is 12.2. The number of furan rings is 1. The number of rotatable bonds is 4. The highest BCUT2D eigenvalue weighted by atomic mass is 35.5. The van der Waals surface area contributed by atoms with E-state index in [4.69, 9.17) is 39.2 Å². The van der Waals surface area contributed by atoms with Crippen molar-refractivity contribution in [1.82, 2.24) is 4.98 Å². The number of aromatic nitrogens is 1. The fourth-order valence-electron chi connectivity index (χ4n) is 2.53. The van der Waals surface area contributed by atoms with Crippen molar-refractivity contribution in [1.29, 1.82) is 0 Å². The summed E-state index contributed by atoms with van der Waals surface area (Å²) in [4.78, 5) is 16.5. The Kier molecular flexibility index (Phi) is 5.42. The molecule has 1 N–H and O–H groups in total. The van der Waals surface area contributed by atoms with E-state index in [9.17, 15) is 4.79 Å². The third kappa shape index (κ3) is 4.23. The summed E-state index contributed by atoms with van der Waals surface area (Å²) in [7, 11) is 0. The van der Waals surface area contributed by atoms with E-state index in [2.05, 4.69) is 10.3 Å². The van der Waals surface area contributed by atoms with E-state index in [0.717, 1.165) is 15.8 Å². The number of thiazole rings is 1. The highest BCUT2D eigenvalue weighted by Gasteiger charge is 2.09. The largest absolute Gasteiger partial charge is 0.457 e. The molecule has 0 saturated carbocycles. The van der Waals surface area contributed by atoms with Crippen molar-refractivity contribution in [2.45, 2.75) is 0 Å². The van der Waals surface area contributed by atoms with Crippen LogP contribution in [0.4, 0.5) is 5.13 Å². The Morgan fingerprint density at radius 3 is 2.64 bits per heavy atom. The number of anilines is 1. The molecule has 4 rings (SSSR count). The molecule has 8 heteroatoms. The molecule has 0 atom stereocenters. The van der Waals surface area contributed by atoms with Gasteiger partial charge in [0.2, 0.25) is 5.91 Å². The molecule has 0 spiro atoms. The van der Waals surface area contributed by atoms with Gasteiger partial charge >= 0.3 is 0 Å². The van der Waals surface area contributed by atoms with Crippen LogP contribution in [-0.2, 0) is 4.79 Å². The lowest BCUT2D eigenvalue weighted by Crippen LogP contribution is -2.07. The average Bonchev–Trinajstić information content (AvgIpc) is 3.26. The average molecular weight is 450 g/mol. The first-order valence-corrected chi connectivity index (χ1v) is 10.0. The lowest BCUT2D eigenvalue weighted by molar-refractivity contribution is -0.111. The van der Waals surface area contributed by atoms with Crippen LogP contribution < -0.4 is 5.32 Å². The first-order valence-electron chi connectivity index (χ1n) is 8.08. The van der Waals surface area contributed by atoms with Gasteiger partial charge in [0.1, 0.15) is 11.5 Å². The van der Waals surface area contributed by atoms with Crippen LogP contribution in [0.1, 0.15) is 5.76 Å². The minimum Gasteiger partial charge on any atom is -0.457 e. The van der Waals surface area contributed by atoms with Crippen LogP contribution in [0.5, 0.6) is 0 Å². The molecule has 2 heterocycles. The van der Waals surface area contributed by atoms with Gasteiger partial charge in [-0.05, 0) is 54.6 Å². The second-order valence-corrected chi connectivity index (χ2v) is 8.09. The minimum atomic E-state index is -0.312. The predicted molar refractivity (Wildman–Crippen MR) is 116 cm³/mol. The number of fused-ring (bicyclic) bond motifs is 1. The van der Waals surface area contributed by atoms with E-state index in [-0.39, 0.29) is 5.91 Å². The van der Waals surface area contributed by atoms with Crippen molar-refractivity contribution in [2.75, 3.05) is 5.32 Å². The van der Waals surface area contributed by atoms with Gasteiger partial charge in [-0.15, -0.1) is 0 Å². The summed E-state index contributed by atoms with van der Waals surface area (Å²) in [5, 5.41) is 4.91. The van der Waals surface area contributed by atoms with Crippen LogP contribution in [-0.4, -0.2) is 10.9 Å². The molecule has 0 aliphatic carbocycles. The van der Waals surface area contributed by atoms with Crippen molar-refractivity contribution in [2.24, 2.45) is 0 Å². The number of halogens is 3. The van der Waals surface area contributed by atoms with E-state index in [0.29, 0.717) is 31.7 Å². The van der Waals surface area contributed by atoms with E-state index < -0.39 is 0 Å². The van der Waals surface area contributed by atoms with Crippen LogP contribution in [0, 0.1) is 0 Å². The van der Waals surface area contributed by atoms with E-state index in [1.165, 1.54) is 17.4 Å². The molecule has 0 unspecified atom stereocenters. The molecule has 1 amide bonds. The Hall–Kier alpha value is -2.31. The zero-order chi connectivity index (χ0) is 19.7. The number of hydrogen-bond donors (Lipinski definition) is 1. The minimum absolute atomic E-state index is 0.312. The smallest absolute Gasteiger partial charge is 0.250 e. The van der Waals surface area contributed by atoms with Crippen LogP contribution >= 0.6 is 46.1 Å². The standard InChI is InChI=1S/C20H11Cl3N2O2S/c21-11-1-5-14(15(23)9-11)17-7-3-13(27-17)4-8-19(26)25-20-24-16-6-2-12(22)10-18(16)28-20/h1-10H,(H,24,25,26)/b8-4+. The number of benzene rings is 2. The van der Waals surface area contributed by atoms with Crippen molar-refractivity contribution in [3.63, 3.8) is 0 Å². The normalized spacial score (nSPS) is 11.4. The Morgan fingerprint density at radius 2 is 1.82 bits per heavy atom. The van der Waals surface area contributed by atoms with Gasteiger partial charge in [0.05, 0.1) is 15.2 Å². The fourth-order valence-corrected chi connectivity index (χ4v) is 4.18. The summed E-state index contributed by atoms with van der Waals surface area (Å²) in [6.07, 6.45) is 2.96. The monoisotopic (exact) mass is 448 g/mol. The fraction of sp³-hybridized carbons (Fsp3) is 0. The maximum Gasteiger partial charge on any atom is 0.250 e. The van der Waals surface area contributed by atoms with Crippen LogP contribution in [0.15, 0.2) is 59.0 Å². The van der Waals surface area contributed by atoms with Crippen molar-refractivity contribution in [3.05, 3.63) is 75.4 Å². The van der Waals surface area contributed by atoms with Gasteiger partial charge in [0.25, 0.3) is 0 Å². The second-order valence-electron chi connectivity index (χ2n) is 5.78. The molecule has 4 aromatic rings. The van der Waals surface area contributed by atoms with Gasteiger partial charge in [-0.2, -0.15) is 0 Å². The predicted octanol–water partition coefficient (Wildman–Crippen LogP) is 7.17. The molecule has 2 aromatic heterocycles. The quantitative estimate of drug-likeness (QED) is 0.336. The zero-order valence-corrected chi connectivity index (χ0v) is 17.2. The second kappa shape index (κ2) is 7.97. The summed E-state index contributed by atoms with van der Waals surface area (Å²) in [5.74, 6) is 0.796. The number of amides is 1. The molecule has 2 aromatic carbocycles. The van der Waals surface area contributed by atoms with Gasteiger partial charge in [0.15, 0.2) is 5.13 Å². The molecule has 4 nitrogen and oxygen atoms in total. The third-order valence-electron chi connectivity index (χ3n) is 3.80. The zero-order valence-electron chi connectivity index (χ0n) is 14.1.